The van der Waals surface area contributed by atoms with Crippen LogP contribution in [0, 0.1) is 0 Å². The van der Waals surface area contributed by atoms with Crippen molar-refractivity contribution < 1.29 is 4.74 Å². The average Bonchev–Trinajstić information content (AvgIpc) is 3.14. The molecule has 0 radical (unpaired) electrons. The molecule has 0 spiro atoms. The predicted molar refractivity (Wildman–Crippen MR) is 112 cm³/mol. The SMILES string of the molecule is C(=C\c1n[nH]c2ccccc12)/c1ccc(OCCCN2CCCCC2)cc1. The molecule has 0 saturated carbocycles. The van der Waals surface area contributed by atoms with Crippen LogP contribution in [0.4, 0.5) is 0 Å². The van der Waals surface area contributed by atoms with Crippen molar-refractivity contribution in [2.75, 3.05) is 26.2 Å². The van der Waals surface area contributed by atoms with Gasteiger partial charge >= 0.3 is 0 Å². The number of hydrogen-bond acceptors (Lipinski definition) is 3. The number of H-pyrrole nitrogens is 1. The molecule has 1 aromatic heterocycles. The van der Waals surface area contributed by atoms with Crippen molar-refractivity contribution in [1.82, 2.24) is 15.1 Å². The Kier molecular flexibility index (Phi) is 5.85. The van der Waals surface area contributed by atoms with Gasteiger partial charge in [0.05, 0.1) is 17.8 Å². The number of hydrogen-bond donors (Lipinski definition) is 1. The lowest BCUT2D eigenvalue weighted by atomic mass is 10.1. The van der Waals surface area contributed by atoms with E-state index in [4.69, 9.17) is 4.74 Å². The largest absolute Gasteiger partial charge is 0.494 e. The topological polar surface area (TPSA) is 41.1 Å². The summed E-state index contributed by atoms with van der Waals surface area (Å²) in [5.41, 5.74) is 3.16. The molecule has 0 atom stereocenters. The van der Waals surface area contributed by atoms with E-state index in [2.05, 4.69) is 39.4 Å². The highest BCUT2D eigenvalue weighted by Gasteiger charge is 2.09. The highest BCUT2D eigenvalue weighted by atomic mass is 16.5. The Morgan fingerprint density at radius 2 is 1.78 bits per heavy atom. The minimum Gasteiger partial charge on any atom is -0.494 e. The fourth-order valence-electron chi connectivity index (χ4n) is 3.62. The molecule has 4 rings (SSSR count). The van der Waals surface area contributed by atoms with Gasteiger partial charge in [-0.15, -0.1) is 0 Å². The van der Waals surface area contributed by atoms with Crippen LogP contribution in [-0.4, -0.2) is 41.3 Å². The van der Waals surface area contributed by atoms with Crippen molar-refractivity contribution in [3.8, 4) is 5.75 Å². The van der Waals surface area contributed by atoms with Crippen LogP contribution in [0.25, 0.3) is 23.1 Å². The number of rotatable bonds is 7. The maximum absolute atomic E-state index is 5.89. The molecule has 0 bridgehead atoms. The predicted octanol–water partition coefficient (Wildman–Crippen LogP) is 4.99. The van der Waals surface area contributed by atoms with Crippen LogP contribution in [0.1, 0.15) is 36.9 Å². The van der Waals surface area contributed by atoms with Crippen LogP contribution < -0.4 is 4.74 Å². The number of ether oxygens (including phenoxy) is 1. The number of fused-ring (bicyclic) bond motifs is 1. The second kappa shape index (κ2) is 8.87. The number of aromatic amines is 1. The summed E-state index contributed by atoms with van der Waals surface area (Å²) >= 11 is 0. The number of nitrogens with zero attached hydrogens (tertiary/aromatic N) is 2. The van der Waals surface area contributed by atoms with Crippen molar-refractivity contribution >= 4 is 23.1 Å². The zero-order chi connectivity index (χ0) is 18.3. The smallest absolute Gasteiger partial charge is 0.119 e. The maximum atomic E-state index is 5.89. The Labute approximate surface area is 160 Å². The summed E-state index contributed by atoms with van der Waals surface area (Å²) in [5, 5.41) is 8.58. The second-order valence-corrected chi connectivity index (χ2v) is 7.16. The number of nitrogens with one attached hydrogen (secondary N) is 1. The molecular weight excluding hydrogens is 334 g/mol. The first-order valence-corrected chi connectivity index (χ1v) is 9.95. The van der Waals surface area contributed by atoms with Crippen molar-refractivity contribution in [3.63, 3.8) is 0 Å². The number of piperidine rings is 1. The van der Waals surface area contributed by atoms with Crippen molar-refractivity contribution in [1.29, 1.82) is 0 Å². The van der Waals surface area contributed by atoms with E-state index in [0.717, 1.165) is 47.5 Å². The van der Waals surface area contributed by atoms with Crippen LogP contribution in [0.3, 0.4) is 0 Å². The zero-order valence-corrected chi connectivity index (χ0v) is 15.7. The lowest BCUT2D eigenvalue weighted by molar-refractivity contribution is 0.205. The number of para-hydroxylation sites is 1. The first-order valence-electron chi connectivity index (χ1n) is 9.95. The van der Waals surface area contributed by atoms with Crippen LogP contribution in [-0.2, 0) is 0 Å². The molecule has 1 aliphatic heterocycles. The van der Waals surface area contributed by atoms with E-state index in [-0.39, 0.29) is 0 Å². The summed E-state index contributed by atoms with van der Waals surface area (Å²) in [4.78, 5) is 2.56. The first-order chi connectivity index (χ1) is 13.4. The molecule has 1 saturated heterocycles. The van der Waals surface area contributed by atoms with E-state index >= 15 is 0 Å². The maximum Gasteiger partial charge on any atom is 0.119 e. The molecule has 0 aliphatic carbocycles. The lowest BCUT2D eigenvalue weighted by Crippen LogP contribution is -2.31. The van der Waals surface area contributed by atoms with Gasteiger partial charge in [-0.3, -0.25) is 5.10 Å². The molecule has 4 heteroatoms. The summed E-state index contributed by atoms with van der Waals surface area (Å²) in [5.74, 6) is 0.941. The van der Waals surface area contributed by atoms with E-state index in [9.17, 15) is 0 Å². The van der Waals surface area contributed by atoms with Crippen molar-refractivity contribution in [2.45, 2.75) is 25.7 Å². The third-order valence-corrected chi connectivity index (χ3v) is 5.15. The van der Waals surface area contributed by atoms with Gasteiger partial charge in [-0.2, -0.15) is 5.10 Å². The fourth-order valence-corrected chi connectivity index (χ4v) is 3.62. The summed E-state index contributed by atoms with van der Waals surface area (Å²) in [7, 11) is 0. The Balaban J connectivity index is 1.27. The molecule has 140 valence electrons. The molecule has 0 amide bonds. The van der Waals surface area contributed by atoms with E-state index < -0.39 is 0 Å². The summed E-state index contributed by atoms with van der Waals surface area (Å²) in [6.07, 6.45) is 9.32. The Morgan fingerprint density at radius 1 is 0.963 bits per heavy atom. The van der Waals surface area contributed by atoms with Crippen LogP contribution in [0.2, 0.25) is 0 Å². The Morgan fingerprint density at radius 3 is 2.63 bits per heavy atom. The molecule has 3 aromatic rings. The molecule has 2 aromatic carbocycles. The van der Waals surface area contributed by atoms with Gasteiger partial charge in [-0.1, -0.05) is 42.8 Å². The quantitative estimate of drug-likeness (QED) is 0.603. The first kappa shape index (κ1) is 17.8. The van der Waals surface area contributed by atoms with Crippen molar-refractivity contribution in [2.24, 2.45) is 0 Å². The van der Waals surface area contributed by atoms with Gasteiger partial charge in [0.2, 0.25) is 0 Å². The highest BCUT2D eigenvalue weighted by Crippen LogP contribution is 2.19. The summed E-state index contributed by atoms with van der Waals surface area (Å²) < 4.78 is 5.89. The molecule has 1 fully saturated rings. The number of aromatic nitrogens is 2. The average molecular weight is 361 g/mol. The van der Waals surface area contributed by atoms with E-state index in [1.165, 1.54) is 32.4 Å². The highest BCUT2D eigenvalue weighted by molar-refractivity contribution is 5.89. The molecule has 1 N–H and O–H groups in total. The summed E-state index contributed by atoms with van der Waals surface area (Å²) in [6.45, 7) is 4.45. The van der Waals surface area contributed by atoms with Gasteiger partial charge in [0.25, 0.3) is 0 Å². The van der Waals surface area contributed by atoms with Crippen molar-refractivity contribution in [3.05, 3.63) is 59.8 Å². The van der Waals surface area contributed by atoms with Gasteiger partial charge in [0, 0.05) is 11.9 Å². The molecule has 27 heavy (non-hydrogen) atoms. The Hall–Kier alpha value is -2.59. The molecule has 1 aliphatic rings. The van der Waals surface area contributed by atoms with Gasteiger partial charge in [0.15, 0.2) is 0 Å². The standard InChI is InChI=1S/C23H27N3O/c1-4-15-26(16-5-1)17-6-18-27-20-12-9-19(10-13-20)11-14-23-21-7-2-3-8-22(21)24-25-23/h2-3,7-14H,1,4-6,15-18H2,(H,24,25)/b14-11+. The lowest BCUT2D eigenvalue weighted by Gasteiger charge is -2.26. The summed E-state index contributed by atoms with van der Waals surface area (Å²) in [6, 6.07) is 16.4. The van der Waals surface area contributed by atoms with Crippen LogP contribution >= 0.6 is 0 Å². The molecule has 0 unspecified atom stereocenters. The van der Waals surface area contributed by atoms with Crippen LogP contribution in [0.15, 0.2) is 48.5 Å². The number of benzene rings is 2. The molecular formula is C23H27N3O. The second-order valence-electron chi connectivity index (χ2n) is 7.16. The third kappa shape index (κ3) is 4.77. The van der Waals surface area contributed by atoms with Gasteiger partial charge in [0.1, 0.15) is 5.75 Å². The monoisotopic (exact) mass is 361 g/mol. The normalized spacial score (nSPS) is 15.6. The Bertz CT molecular complexity index is 876. The van der Waals surface area contributed by atoms with Gasteiger partial charge in [-0.05, 0) is 62.2 Å². The van der Waals surface area contributed by atoms with E-state index in [1.54, 1.807) is 0 Å². The van der Waals surface area contributed by atoms with Gasteiger partial charge in [-0.25, -0.2) is 0 Å². The van der Waals surface area contributed by atoms with E-state index in [1.807, 2.05) is 36.4 Å². The zero-order valence-electron chi connectivity index (χ0n) is 15.7. The minimum atomic E-state index is 0.783. The minimum absolute atomic E-state index is 0.783. The van der Waals surface area contributed by atoms with Gasteiger partial charge < -0.3 is 9.64 Å². The molecule has 4 nitrogen and oxygen atoms in total. The third-order valence-electron chi connectivity index (χ3n) is 5.15. The van der Waals surface area contributed by atoms with Crippen LogP contribution in [0.5, 0.6) is 5.75 Å². The number of likely N-dealkylation sites (tertiary alicyclic amines) is 1. The molecule has 2 heterocycles. The van der Waals surface area contributed by atoms with E-state index in [0.29, 0.717) is 0 Å². The fraction of sp³-hybridized carbons (Fsp3) is 0.348.